The zero-order valence-electron chi connectivity index (χ0n) is 9.44. The molecule has 0 aromatic carbocycles. The van der Waals surface area contributed by atoms with Crippen LogP contribution in [-0.4, -0.2) is 31.4 Å². The molecule has 0 aromatic rings. The van der Waals surface area contributed by atoms with Gasteiger partial charge in [-0.1, -0.05) is 6.42 Å². The highest BCUT2D eigenvalue weighted by molar-refractivity contribution is 7.90. The van der Waals surface area contributed by atoms with Crippen molar-refractivity contribution in [3.63, 3.8) is 0 Å². The van der Waals surface area contributed by atoms with E-state index in [9.17, 15) is 13.5 Å². The maximum atomic E-state index is 11.5. The summed E-state index contributed by atoms with van der Waals surface area (Å²) < 4.78 is 25.6. The molecule has 0 aromatic heterocycles. The largest absolute Gasteiger partial charge is 0.393 e. The summed E-state index contributed by atoms with van der Waals surface area (Å²) in [5.41, 5.74) is 0. The average molecular weight is 235 g/mol. The number of rotatable bonds is 4. The summed E-state index contributed by atoms with van der Waals surface area (Å²) in [6.07, 6.45) is 3.34. The van der Waals surface area contributed by atoms with Crippen molar-refractivity contribution in [1.29, 1.82) is 0 Å². The Bertz CT molecular complexity index is 287. The molecule has 0 bridgehead atoms. The van der Waals surface area contributed by atoms with E-state index in [4.69, 9.17) is 0 Å². The molecule has 1 saturated carbocycles. The van der Waals surface area contributed by atoms with Gasteiger partial charge in [-0.15, -0.1) is 0 Å². The Balaban J connectivity index is 2.37. The van der Waals surface area contributed by atoms with E-state index in [2.05, 4.69) is 4.72 Å². The molecule has 0 saturated heterocycles. The van der Waals surface area contributed by atoms with Crippen molar-refractivity contribution in [2.24, 2.45) is 5.92 Å². The van der Waals surface area contributed by atoms with Gasteiger partial charge in [-0.2, -0.15) is 0 Å². The van der Waals surface area contributed by atoms with Crippen LogP contribution >= 0.6 is 0 Å². The Morgan fingerprint density at radius 3 is 2.60 bits per heavy atom. The quantitative estimate of drug-likeness (QED) is 0.759. The highest BCUT2D eigenvalue weighted by Gasteiger charge is 2.22. The smallest absolute Gasteiger partial charge is 0.213 e. The lowest BCUT2D eigenvalue weighted by molar-refractivity contribution is 0.102. The highest BCUT2D eigenvalue weighted by Crippen LogP contribution is 2.23. The van der Waals surface area contributed by atoms with E-state index in [0.29, 0.717) is 12.5 Å². The molecule has 2 N–H and O–H groups in total. The Morgan fingerprint density at radius 2 is 2.07 bits per heavy atom. The lowest BCUT2D eigenvalue weighted by Gasteiger charge is -2.26. The van der Waals surface area contributed by atoms with Crippen molar-refractivity contribution < 1.29 is 13.5 Å². The minimum atomic E-state index is -3.15. The molecule has 15 heavy (non-hydrogen) atoms. The molecule has 1 rings (SSSR count). The first kappa shape index (κ1) is 12.9. The fraction of sp³-hybridized carbons (Fsp3) is 1.00. The Hall–Kier alpha value is -0.130. The number of aliphatic hydroxyl groups is 1. The van der Waals surface area contributed by atoms with Crippen LogP contribution in [0.2, 0.25) is 0 Å². The summed E-state index contributed by atoms with van der Waals surface area (Å²) in [6, 6.07) is 0. The van der Waals surface area contributed by atoms with Gasteiger partial charge < -0.3 is 5.11 Å². The predicted molar refractivity (Wildman–Crippen MR) is 60.0 cm³/mol. The summed E-state index contributed by atoms with van der Waals surface area (Å²) in [4.78, 5) is 0. The lowest BCUT2D eigenvalue weighted by atomic mass is 9.87. The standard InChI is InChI=1S/C10H21NO3S/c1-8(2)15(13,14)11-7-9-4-3-5-10(12)6-9/h8-12H,3-7H2,1-2H3. The molecule has 1 aliphatic rings. The molecule has 5 heteroatoms. The third-order valence-electron chi connectivity index (χ3n) is 2.95. The molecule has 90 valence electrons. The van der Waals surface area contributed by atoms with Crippen LogP contribution in [0, 0.1) is 5.92 Å². The normalized spacial score (nSPS) is 28.3. The molecule has 0 amide bonds. The molecule has 2 unspecified atom stereocenters. The molecule has 0 spiro atoms. The van der Waals surface area contributed by atoms with E-state index >= 15 is 0 Å². The van der Waals surface area contributed by atoms with Gasteiger partial charge in [0.05, 0.1) is 11.4 Å². The number of hydrogen-bond acceptors (Lipinski definition) is 3. The fourth-order valence-electron chi connectivity index (χ4n) is 1.85. The van der Waals surface area contributed by atoms with Crippen LogP contribution in [0.25, 0.3) is 0 Å². The van der Waals surface area contributed by atoms with Gasteiger partial charge in [0.1, 0.15) is 0 Å². The molecular weight excluding hydrogens is 214 g/mol. The third kappa shape index (κ3) is 4.09. The topological polar surface area (TPSA) is 66.4 Å². The first-order chi connectivity index (χ1) is 6.92. The predicted octanol–water partition coefficient (Wildman–Crippen LogP) is 0.865. The van der Waals surface area contributed by atoms with Gasteiger partial charge in [-0.05, 0) is 39.0 Å². The molecular formula is C10H21NO3S. The number of sulfonamides is 1. The molecule has 2 atom stereocenters. The van der Waals surface area contributed by atoms with E-state index in [1.165, 1.54) is 0 Å². The highest BCUT2D eigenvalue weighted by atomic mass is 32.2. The maximum Gasteiger partial charge on any atom is 0.213 e. The molecule has 0 aliphatic heterocycles. The van der Waals surface area contributed by atoms with Crippen LogP contribution in [0.5, 0.6) is 0 Å². The number of nitrogens with one attached hydrogen (secondary N) is 1. The van der Waals surface area contributed by atoms with Gasteiger partial charge in [0.2, 0.25) is 10.0 Å². The van der Waals surface area contributed by atoms with Gasteiger partial charge in [0.25, 0.3) is 0 Å². The van der Waals surface area contributed by atoms with E-state index in [-0.39, 0.29) is 11.4 Å². The van der Waals surface area contributed by atoms with Crippen LogP contribution in [0.15, 0.2) is 0 Å². The van der Waals surface area contributed by atoms with Crippen molar-refractivity contribution in [2.75, 3.05) is 6.54 Å². The first-order valence-corrected chi connectivity index (χ1v) is 7.13. The van der Waals surface area contributed by atoms with Gasteiger partial charge in [-0.3, -0.25) is 0 Å². The molecule has 1 aliphatic carbocycles. The zero-order chi connectivity index (χ0) is 11.5. The van der Waals surface area contributed by atoms with Crippen LogP contribution in [0.3, 0.4) is 0 Å². The molecule has 0 heterocycles. The average Bonchev–Trinajstić information content (AvgIpc) is 2.15. The van der Waals surface area contributed by atoms with Crippen LogP contribution in [0.1, 0.15) is 39.5 Å². The Morgan fingerprint density at radius 1 is 1.40 bits per heavy atom. The summed E-state index contributed by atoms with van der Waals surface area (Å²) >= 11 is 0. The van der Waals surface area contributed by atoms with Crippen molar-refractivity contribution in [3.8, 4) is 0 Å². The summed E-state index contributed by atoms with van der Waals surface area (Å²) in [6.45, 7) is 3.80. The van der Waals surface area contributed by atoms with E-state index < -0.39 is 10.0 Å². The molecule has 0 radical (unpaired) electrons. The van der Waals surface area contributed by atoms with Gasteiger partial charge in [0.15, 0.2) is 0 Å². The van der Waals surface area contributed by atoms with Crippen molar-refractivity contribution in [2.45, 2.75) is 50.9 Å². The fourth-order valence-corrected chi connectivity index (χ4v) is 2.65. The van der Waals surface area contributed by atoms with E-state index in [1.807, 2.05) is 0 Å². The summed E-state index contributed by atoms with van der Waals surface area (Å²) in [5.74, 6) is 0.294. The summed E-state index contributed by atoms with van der Waals surface area (Å²) in [5, 5.41) is 9.06. The summed E-state index contributed by atoms with van der Waals surface area (Å²) in [7, 11) is -3.15. The van der Waals surface area contributed by atoms with Crippen molar-refractivity contribution in [1.82, 2.24) is 4.72 Å². The van der Waals surface area contributed by atoms with E-state index in [0.717, 1.165) is 25.7 Å². The van der Waals surface area contributed by atoms with E-state index in [1.54, 1.807) is 13.8 Å². The van der Waals surface area contributed by atoms with Crippen molar-refractivity contribution in [3.05, 3.63) is 0 Å². The number of hydrogen-bond donors (Lipinski definition) is 2. The zero-order valence-corrected chi connectivity index (χ0v) is 10.3. The Kier molecular flexibility index (Phi) is 4.55. The lowest BCUT2D eigenvalue weighted by Crippen LogP contribution is -2.36. The molecule has 4 nitrogen and oxygen atoms in total. The minimum absolute atomic E-state index is 0.243. The molecule has 1 fully saturated rings. The van der Waals surface area contributed by atoms with Crippen LogP contribution < -0.4 is 4.72 Å². The third-order valence-corrected chi connectivity index (χ3v) is 4.76. The number of aliphatic hydroxyl groups excluding tert-OH is 1. The minimum Gasteiger partial charge on any atom is -0.393 e. The second-order valence-corrected chi connectivity index (χ2v) is 6.95. The van der Waals surface area contributed by atoms with Gasteiger partial charge in [0, 0.05) is 6.54 Å². The first-order valence-electron chi connectivity index (χ1n) is 5.58. The van der Waals surface area contributed by atoms with Crippen LogP contribution in [-0.2, 0) is 10.0 Å². The van der Waals surface area contributed by atoms with Gasteiger partial charge in [-0.25, -0.2) is 13.1 Å². The Labute approximate surface area is 92.1 Å². The maximum absolute atomic E-state index is 11.5. The van der Waals surface area contributed by atoms with Crippen LogP contribution in [0.4, 0.5) is 0 Å². The second kappa shape index (κ2) is 5.27. The second-order valence-electron chi connectivity index (χ2n) is 4.63. The monoisotopic (exact) mass is 235 g/mol. The van der Waals surface area contributed by atoms with Gasteiger partial charge >= 0.3 is 0 Å². The SMILES string of the molecule is CC(C)S(=O)(=O)NCC1CCCC(O)C1. The van der Waals surface area contributed by atoms with Crippen molar-refractivity contribution >= 4 is 10.0 Å².